The van der Waals surface area contributed by atoms with Crippen molar-refractivity contribution in [3.05, 3.63) is 65.7 Å². The zero-order valence-electron chi connectivity index (χ0n) is 14.0. The zero-order chi connectivity index (χ0) is 16.7. The maximum atomic E-state index is 9.57. The van der Waals surface area contributed by atoms with Crippen LogP contribution in [0.5, 0.6) is 5.75 Å². The average molecular weight is 321 g/mol. The molecule has 2 heterocycles. The minimum atomic E-state index is 0.119. The molecule has 1 saturated heterocycles. The molecular formula is C21H23NO2. The first-order valence-corrected chi connectivity index (χ1v) is 8.60. The molecule has 2 aromatic carbocycles. The lowest BCUT2D eigenvalue weighted by atomic mass is 9.77. The maximum Gasteiger partial charge on any atom is 0.115 e. The number of rotatable bonds is 2. The zero-order valence-corrected chi connectivity index (χ0v) is 14.0. The Hall–Kier alpha value is -2.26. The largest absolute Gasteiger partial charge is 0.508 e. The first kappa shape index (κ1) is 15.3. The second kappa shape index (κ2) is 5.99. The van der Waals surface area contributed by atoms with E-state index in [4.69, 9.17) is 4.74 Å². The highest BCUT2D eigenvalue weighted by Gasteiger charge is 2.39. The Labute approximate surface area is 143 Å². The van der Waals surface area contributed by atoms with Crippen LogP contribution in [0, 0.1) is 5.92 Å². The second-order valence-corrected chi connectivity index (χ2v) is 6.89. The predicted molar refractivity (Wildman–Crippen MR) is 97.0 cm³/mol. The summed E-state index contributed by atoms with van der Waals surface area (Å²) in [5, 5.41) is 13.3. The number of hydrogen-bond acceptors (Lipinski definition) is 3. The molecule has 3 atom stereocenters. The fourth-order valence-corrected chi connectivity index (χ4v) is 3.95. The topological polar surface area (TPSA) is 41.5 Å². The number of benzene rings is 2. The van der Waals surface area contributed by atoms with Crippen LogP contribution in [0.15, 0.2) is 49.0 Å². The van der Waals surface area contributed by atoms with Crippen molar-refractivity contribution in [1.29, 1.82) is 0 Å². The summed E-state index contributed by atoms with van der Waals surface area (Å²) in [6.45, 7) is 6.92. The third-order valence-corrected chi connectivity index (χ3v) is 5.21. The minimum Gasteiger partial charge on any atom is -0.508 e. The number of anilines is 1. The lowest BCUT2D eigenvalue weighted by Crippen LogP contribution is -2.36. The van der Waals surface area contributed by atoms with Crippen LogP contribution in [0.3, 0.4) is 0 Å². The van der Waals surface area contributed by atoms with Gasteiger partial charge in [0, 0.05) is 23.8 Å². The Bertz CT molecular complexity index is 766. The summed E-state index contributed by atoms with van der Waals surface area (Å²) in [6, 6.07) is 14.2. The van der Waals surface area contributed by atoms with Gasteiger partial charge in [-0.1, -0.05) is 30.4 Å². The van der Waals surface area contributed by atoms with Crippen LogP contribution < -0.4 is 5.32 Å². The summed E-state index contributed by atoms with van der Waals surface area (Å²) in [5.41, 5.74) is 5.83. The third kappa shape index (κ3) is 2.59. The van der Waals surface area contributed by atoms with E-state index in [0.717, 1.165) is 30.7 Å². The molecule has 3 heteroatoms. The van der Waals surface area contributed by atoms with Crippen molar-refractivity contribution < 1.29 is 9.84 Å². The molecule has 124 valence electrons. The van der Waals surface area contributed by atoms with E-state index in [1.165, 1.54) is 16.7 Å². The third-order valence-electron chi connectivity index (χ3n) is 5.21. The number of phenols is 1. The van der Waals surface area contributed by atoms with Gasteiger partial charge in [0.2, 0.25) is 0 Å². The van der Waals surface area contributed by atoms with Crippen LogP contribution in [0.2, 0.25) is 0 Å². The standard InChI is InChI=1S/C21H23NO2/c1-13(2)15-7-10-19-18(12-15)21-17(4-3-11-24-21)20(22-19)14-5-8-16(23)9-6-14/h5-10,12,17,20-23H,1,3-4,11H2,2H3/t17-,20-,21-/m0/s1. The van der Waals surface area contributed by atoms with Gasteiger partial charge in [-0.3, -0.25) is 0 Å². The molecule has 1 fully saturated rings. The first-order chi connectivity index (χ1) is 11.6. The van der Waals surface area contributed by atoms with E-state index in [9.17, 15) is 5.11 Å². The molecule has 0 saturated carbocycles. The van der Waals surface area contributed by atoms with Gasteiger partial charge in [0.15, 0.2) is 0 Å². The average Bonchev–Trinajstić information content (AvgIpc) is 2.61. The SMILES string of the molecule is C=C(C)c1ccc2c(c1)[C@H]1OCCC[C@H]1[C@H](c1ccc(O)cc1)N2. The molecule has 0 bridgehead atoms. The highest BCUT2D eigenvalue weighted by atomic mass is 16.5. The van der Waals surface area contributed by atoms with Crippen LogP contribution in [-0.4, -0.2) is 11.7 Å². The van der Waals surface area contributed by atoms with E-state index >= 15 is 0 Å². The number of ether oxygens (including phenoxy) is 1. The van der Waals surface area contributed by atoms with Gasteiger partial charge >= 0.3 is 0 Å². The summed E-state index contributed by atoms with van der Waals surface area (Å²) < 4.78 is 6.20. The number of aromatic hydroxyl groups is 1. The lowest BCUT2D eigenvalue weighted by molar-refractivity contribution is -0.0381. The van der Waals surface area contributed by atoms with E-state index in [-0.39, 0.29) is 12.1 Å². The number of fused-ring (bicyclic) bond motifs is 3. The summed E-state index contributed by atoms with van der Waals surface area (Å²) in [5.74, 6) is 0.702. The van der Waals surface area contributed by atoms with Crippen LogP contribution in [-0.2, 0) is 4.74 Å². The second-order valence-electron chi connectivity index (χ2n) is 6.89. The summed E-state index contributed by atoms with van der Waals surface area (Å²) in [6.07, 6.45) is 2.35. The van der Waals surface area contributed by atoms with Crippen LogP contribution >= 0.6 is 0 Å². The van der Waals surface area contributed by atoms with E-state index < -0.39 is 0 Å². The van der Waals surface area contributed by atoms with Crippen molar-refractivity contribution in [2.45, 2.75) is 31.9 Å². The van der Waals surface area contributed by atoms with Crippen molar-refractivity contribution >= 4 is 11.3 Å². The van der Waals surface area contributed by atoms with E-state index in [1.807, 2.05) is 19.1 Å². The molecule has 2 aromatic rings. The first-order valence-electron chi connectivity index (χ1n) is 8.60. The van der Waals surface area contributed by atoms with Gasteiger partial charge in [0.1, 0.15) is 5.75 Å². The molecule has 0 spiro atoms. The fourth-order valence-electron chi connectivity index (χ4n) is 3.95. The number of allylic oxidation sites excluding steroid dienone is 1. The number of phenolic OH excluding ortho intramolecular Hbond substituents is 1. The Kier molecular flexibility index (Phi) is 3.81. The Morgan fingerprint density at radius 1 is 1.21 bits per heavy atom. The monoisotopic (exact) mass is 321 g/mol. The molecule has 0 radical (unpaired) electrons. The highest BCUT2D eigenvalue weighted by Crippen LogP contribution is 2.49. The van der Waals surface area contributed by atoms with Gasteiger partial charge in [0.05, 0.1) is 12.1 Å². The summed E-state index contributed by atoms with van der Waals surface area (Å²) in [4.78, 5) is 0. The van der Waals surface area contributed by atoms with Gasteiger partial charge in [-0.15, -0.1) is 0 Å². The number of hydrogen-bond donors (Lipinski definition) is 2. The molecule has 0 amide bonds. The summed E-state index contributed by atoms with van der Waals surface area (Å²) in [7, 11) is 0. The molecule has 0 aliphatic carbocycles. The Balaban J connectivity index is 1.77. The van der Waals surface area contributed by atoms with Crippen molar-refractivity contribution in [2.75, 3.05) is 11.9 Å². The van der Waals surface area contributed by atoms with Crippen molar-refractivity contribution in [2.24, 2.45) is 5.92 Å². The normalized spacial score (nSPS) is 25.3. The van der Waals surface area contributed by atoms with Crippen LogP contribution in [0.1, 0.15) is 48.6 Å². The molecule has 0 unspecified atom stereocenters. The van der Waals surface area contributed by atoms with Gasteiger partial charge in [0.25, 0.3) is 0 Å². The van der Waals surface area contributed by atoms with Crippen molar-refractivity contribution in [3.8, 4) is 5.75 Å². The molecule has 2 aliphatic rings. The highest BCUT2D eigenvalue weighted by molar-refractivity contribution is 5.68. The Morgan fingerprint density at radius 3 is 2.75 bits per heavy atom. The summed E-state index contributed by atoms with van der Waals surface area (Å²) >= 11 is 0. The van der Waals surface area contributed by atoms with Crippen molar-refractivity contribution in [1.82, 2.24) is 0 Å². The molecule has 4 rings (SSSR count). The van der Waals surface area contributed by atoms with Crippen LogP contribution in [0.4, 0.5) is 5.69 Å². The molecule has 24 heavy (non-hydrogen) atoms. The predicted octanol–water partition coefficient (Wildman–Crippen LogP) is 5.06. The number of nitrogens with one attached hydrogen (secondary N) is 1. The quantitative estimate of drug-likeness (QED) is 0.812. The van der Waals surface area contributed by atoms with Crippen LogP contribution in [0.25, 0.3) is 5.57 Å². The van der Waals surface area contributed by atoms with E-state index in [2.05, 4.69) is 30.1 Å². The van der Waals surface area contributed by atoms with Gasteiger partial charge < -0.3 is 15.2 Å². The molecular weight excluding hydrogens is 298 g/mol. The van der Waals surface area contributed by atoms with E-state index in [1.54, 1.807) is 12.1 Å². The Morgan fingerprint density at radius 2 is 2.00 bits per heavy atom. The maximum absolute atomic E-state index is 9.57. The minimum absolute atomic E-state index is 0.119. The molecule has 2 aliphatic heterocycles. The van der Waals surface area contributed by atoms with Gasteiger partial charge in [-0.2, -0.15) is 0 Å². The van der Waals surface area contributed by atoms with Crippen molar-refractivity contribution in [3.63, 3.8) is 0 Å². The van der Waals surface area contributed by atoms with Gasteiger partial charge in [-0.25, -0.2) is 0 Å². The lowest BCUT2D eigenvalue weighted by Gasteiger charge is -2.43. The smallest absolute Gasteiger partial charge is 0.115 e. The fraction of sp³-hybridized carbons (Fsp3) is 0.333. The van der Waals surface area contributed by atoms with E-state index in [0.29, 0.717) is 11.7 Å². The van der Waals surface area contributed by atoms with Gasteiger partial charge in [-0.05, 0) is 55.2 Å². The molecule has 0 aromatic heterocycles. The molecule has 2 N–H and O–H groups in total. The molecule has 3 nitrogen and oxygen atoms in total.